The standard InChI is InChI=1S/C26H26BrCl2N3O4S/c1-17-10-12-21(13-11-17)37(35,36)32(20-7-4-6-19(27)14-20)16-25(33)31(18(2)26(34)30-3)15-22-23(28)8-5-9-24(22)29/h4-14,18H,15-16H2,1-3H3,(H,30,34)/t18-/m1/s1. The Morgan fingerprint density at radius 3 is 2.16 bits per heavy atom. The highest BCUT2D eigenvalue weighted by Crippen LogP contribution is 2.29. The minimum Gasteiger partial charge on any atom is -0.357 e. The van der Waals surface area contributed by atoms with E-state index in [-0.39, 0.29) is 17.1 Å². The highest BCUT2D eigenvalue weighted by atomic mass is 79.9. The van der Waals surface area contributed by atoms with Crippen molar-refractivity contribution in [2.45, 2.75) is 31.3 Å². The van der Waals surface area contributed by atoms with Gasteiger partial charge in [0.1, 0.15) is 12.6 Å². The van der Waals surface area contributed by atoms with Gasteiger partial charge in [-0.3, -0.25) is 13.9 Å². The maximum atomic E-state index is 13.8. The summed E-state index contributed by atoms with van der Waals surface area (Å²) >= 11 is 16.1. The molecular formula is C26H26BrCl2N3O4S. The second-order valence-electron chi connectivity index (χ2n) is 8.32. The van der Waals surface area contributed by atoms with Gasteiger partial charge in [-0.1, -0.05) is 69.0 Å². The van der Waals surface area contributed by atoms with Gasteiger partial charge in [0.2, 0.25) is 11.8 Å². The minimum atomic E-state index is -4.14. The van der Waals surface area contributed by atoms with E-state index in [0.29, 0.717) is 20.1 Å². The van der Waals surface area contributed by atoms with Crippen LogP contribution in [0.5, 0.6) is 0 Å². The number of halogens is 3. The van der Waals surface area contributed by atoms with Crippen LogP contribution < -0.4 is 9.62 Å². The fourth-order valence-corrected chi connectivity index (χ4v) is 5.95. The summed E-state index contributed by atoms with van der Waals surface area (Å²) in [7, 11) is -2.69. The molecular weight excluding hydrogens is 601 g/mol. The fourth-order valence-electron chi connectivity index (χ4n) is 3.64. The molecule has 7 nitrogen and oxygen atoms in total. The molecule has 0 saturated heterocycles. The van der Waals surface area contributed by atoms with Crippen molar-refractivity contribution in [1.82, 2.24) is 10.2 Å². The number of hydrogen-bond donors (Lipinski definition) is 1. The number of sulfonamides is 1. The van der Waals surface area contributed by atoms with Gasteiger partial charge in [-0.2, -0.15) is 0 Å². The summed E-state index contributed by atoms with van der Waals surface area (Å²) in [6.07, 6.45) is 0. The Morgan fingerprint density at radius 2 is 1.59 bits per heavy atom. The zero-order valence-electron chi connectivity index (χ0n) is 20.4. The third-order valence-electron chi connectivity index (χ3n) is 5.79. The average molecular weight is 627 g/mol. The fraction of sp³-hybridized carbons (Fsp3) is 0.231. The first-order valence-electron chi connectivity index (χ1n) is 11.2. The molecule has 0 aliphatic heterocycles. The number of carbonyl (C=O) groups is 2. The Morgan fingerprint density at radius 1 is 1.00 bits per heavy atom. The van der Waals surface area contributed by atoms with Crippen LogP contribution in [-0.4, -0.2) is 44.8 Å². The van der Waals surface area contributed by atoms with Crippen molar-refractivity contribution in [2.75, 3.05) is 17.9 Å². The van der Waals surface area contributed by atoms with Crippen molar-refractivity contribution < 1.29 is 18.0 Å². The van der Waals surface area contributed by atoms with Crippen LogP contribution >= 0.6 is 39.1 Å². The lowest BCUT2D eigenvalue weighted by atomic mass is 10.1. The Labute approximate surface area is 235 Å². The second kappa shape index (κ2) is 12.3. The van der Waals surface area contributed by atoms with Crippen molar-refractivity contribution in [3.8, 4) is 0 Å². The molecule has 3 aromatic carbocycles. The highest BCUT2D eigenvalue weighted by molar-refractivity contribution is 9.10. The molecule has 3 aromatic rings. The van der Waals surface area contributed by atoms with Gasteiger partial charge in [-0.25, -0.2) is 8.42 Å². The number of aryl methyl sites for hydroxylation is 1. The van der Waals surface area contributed by atoms with E-state index in [4.69, 9.17) is 23.2 Å². The van der Waals surface area contributed by atoms with Gasteiger partial charge < -0.3 is 10.2 Å². The van der Waals surface area contributed by atoms with E-state index < -0.39 is 34.4 Å². The van der Waals surface area contributed by atoms with E-state index in [9.17, 15) is 18.0 Å². The normalized spacial score (nSPS) is 12.1. The first-order valence-corrected chi connectivity index (χ1v) is 14.2. The van der Waals surface area contributed by atoms with Gasteiger partial charge in [0, 0.05) is 33.7 Å². The predicted molar refractivity (Wildman–Crippen MR) is 150 cm³/mol. The molecule has 0 radical (unpaired) electrons. The van der Waals surface area contributed by atoms with E-state index >= 15 is 0 Å². The Kier molecular flexibility index (Phi) is 9.63. The van der Waals surface area contributed by atoms with Crippen LogP contribution in [0.1, 0.15) is 18.1 Å². The molecule has 0 bridgehead atoms. The number of anilines is 1. The van der Waals surface area contributed by atoms with Crippen LogP contribution in [-0.2, 0) is 26.2 Å². The molecule has 37 heavy (non-hydrogen) atoms. The van der Waals surface area contributed by atoms with Gasteiger partial charge in [0.05, 0.1) is 10.6 Å². The number of nitrogens with one attached hydrogen (secondary N) is 1. The van der Waals surface area contributed by atoms with E-state index in [2.05, 4.69) is 21.2 Å². The summed E-state index contributed by atoms with van der Waals surface area (Å²) < 4.78 is 29.2. The summed E-state index contributed by atoms with van der Waals surface area (Å²) in [6, 6.07) is 17.0. The summed E-state index contributed by atoms with van der Waals surface area (Å²) in [5, 5.41) is 3.18. The van der Waals surface area contributed by atoms with Crippen LogP contribution in [0.15, 0.2) is 76.1 Å². The summed E-state index contributed by atoms with van der Waals surface area (Å²) in [5.74, 6) is -1.03. The molecule has 0 aliphatic rings. The molecule has 3 rings (SSSR count). The molecule has 1 atom stereocenters. The number of hydrogen-bond acceptors (Lipinski definition) is 4. The van der Waals surface area contributed by atoms with Gasteiger partial charge >= 0.3 is 0 Å². The van der Waals surface area contributed by atoms with Crippen molar-refractivity contribution in [1.29, 1.82) is 0 Å². The van der Waals surface area contributed by atoms with Gasteiger partial charge in [0.15, 0.2) is 0 Å². The minimum absolute atomic E-state index is 0.0333. The molecule has 1 N–H and O–H groups in total. The molecule has 2 amide bonds. The third kappa shape index (κ3) is 6.84. The summed E-state index contributed by atoms with van der Waals surface area (Å²) in [4.78, 5) is 27.6. The zero-order valence-corrected chi connectivity index (χ0v) is 24.3. The smallest absolute Gasteiger partial charge is 0.264 e. The number of likely N-dealkylation sites (N-methyl/N-ethyl adjacent to an activating group) is 1. The Balaban J connectivity index is 2.07. The van der Waals surface area contributed by atoms with Crippen LogP contribution in [0.2, 0.25) is 10.0 Å². The second-order valence-corrected chi connectivity index (χ2v) is 11.9. The van der Waals surface area contributed by atoms with E-state index in [1.54, 1.807) is 61.5 Å². The lowest BCUT2D eigenvalue weighted by Crippen LogP contribution is -2.50. The van der Waals surface area contributed by atoms with Crippen LogP contribution in [0.3, 0.4) is 0 Å². The molecule has 11 heteroatoms. The maximum absolute atomic E-state index is 13.8. The number of rotatable bonds is 9. The zero-order chi connectivity index (χ0) is 27.3. The average Bonchev–Trinajstić information content (AvgIpc) is 2.86. The monoisotopic (exact) mass is 625 g/mol. The topological polar surface area (TPSA) is 86.8 Å². The van der Waals surface area contributed by atoms with Crippen molar-refractivity contribution in [3.63, 3.8) is 0 Å². The Bertz CT molecular complexity index is 1380. The van der Waals surface area contributed by atoms with Crippen molar-refractivity contribution in [2.24, 2.45) is 0 Å². The molecule has 0 aromatic heterocycles. The van der Waals surface area contributed by atoms with E-state index in [0.717, 1.165) is 9.87 Å². The molecule has 0 spiro atoms. The molecule has 0 aliphatic carbocycles. The highest BCUT2D eigenvalue weighted by Gasteiger charge is 2.33. The lowest BCUT2D eigenvalue weighted by molar-refractivity contribution is -0.139. The summed E-state index contributed by atoms with van der Waals surface area (Å²) in [6.45, 7) is 2.75. The molecule has 196 valence electrons. The Hall–Kier alpha value is -2.59. The largest absolute Gasteiger partial charge is 0.357 e. The quantitative estimate of drug-likeness (QED) is 0.344. The van der Waals surface area contributed by atoms with Crippen LogP contribution in [0.4, 0.5) is 5.69 Å². The molecule has 0 fully saturated rings. The van der Waals surface area contributed by atoms with Crippen molar-refractivity contribution in [3.05, 3.63) is 92.4 Å². The molecule has 0 saturated carbocycles. The van der Waals surface area contributed by atoms with Crippen molar-refractivity contribution >= 4 is 66.7 Å². The van der Waals surface area contributed by atoms with Crippen LogP contribution in [0, 0.1) is 6.92 Å². The lowest BCUT2D eigenvalue weighted by Gasteiger charge is -2.32. The maximum Gasteiger partial charge on any atom is 0.264 e. The number of benzene rings is 3. The first-order chi connectivity index (χ1) is 17.4. The SMILES string of the molecule is CNC(=O)[C@@H](C)N(Cc1c(Cl)cccc1Cl)C(=O)CN(c1cccc(Br)c1)S(=O)(=O)c1ccc(C)cc1. The van der Waals surface area contributed by atoms with Crippen LogP contribution in [0.25, 0.3) is 0 Å². The summed E-state index contributed by atoms with van der Waals surface area (Å²) in [5.41, 5.74) is 1.63. The third-order valence-corrected chi connectivity index (χ3v) is 8.78. The van der Waals surface area contributed by atoms with E-state index in [1.807, 2.05) is 6.92 Å². The van der Waals surface area contributed by atoms with Gasteiger partial charge in [-0.05, 0) is 56.3 Å². The van der Waals surface area contributed by atoms with Gasteiger partial charge in [0.25, 0.3) is 10.0 Å². The number of nitrogens with zero attached hydrogens (tertiary/aromatic N) is 2. The molecule has 0 unspecified atom stereocenters. The first kappa shape index (κ1) is 29.0. The van der Waals surface area contributed by atoms with Gasteiger partial charge in [-0.15, -0.1) is 0 Å². The molecule has 0 heterocycles. The number of amides is 2. The predicted octanol–water partition coefficient (Wildman–Crippen LogP) is 5.42. The number of carbonyl (C=O) groups excluding carboxylic acids is 2. The van der Waals surface area contributed by atoms with E-state index in [1.165, 1.54) is 24.1 Å².